The van der Waals surface area contributed by atoms with E-state index < -0.39 is 5.97 Å². The van der Waals surface area contributed by atoms with Crippen LogP contribution < -0.4 is 0 Å². The number of ether oxygens (including phenoxy) is 1. The average molecular weight is 273 g/mol. The van der Waals surface area contributed by atoms with Crippen LogP contribution in [0.15, 0.2) is 36.5 Å². The second-order valence-corrected chi connectivity index (χ2v) is 4.63. The van der Waals surface area contributed by atoms with Crippen LogP contribution in [0.1, 0.15) is 42.2 Å². The van der Waals surface area contributed by atoms with Crippen molar-refractivity contribution in [3.05, 3.63) is 47.8 Å². The zero-order valence-electron chi connectivity index (χ0n) is 11.7. The van der Waals surface area contributed by atoms with E-state index >= 15 is 0 Å². The maximum atomic E-state index is 11.7. The normalized spacial score (nSPS) is 10.4. The van der Waals surface area contributed by atoms with Crippen LogP contribution >= 0.6 is 0 Å². The molecule has 0 aliphatic carbocycles. The highest BCUT2D eigenvalue weighted by Crippen LogP contribution is 2.04. The predicted molar refractivity (Wildman–Crippen MR) is 75.4 cm³/mol. The van der Waals surface area contributed by atoms with Crippen molar-refractivity contribution in [3.63, 3.8) is 0 Å². The molecule has 2 aromatic rings. The summed E-state index contributed by atoms with van der Waals surface area (Å²) in [5, 5.41) is 7.79. The number of unbranched alkanes of at least 4 members (excludes halogenated alkanes) is 2. The molecule has 5 heteroatoms. The van der Waals surface area contributed by atoms with Gasteiger partial charge in [0.1, 0.15) is 0 Å². The fourth-order valence-electron chi connectivity index (χ4n) is 1.83. The van der Waals surface area contributed by atoms with Gasteiger partial charge in [-0.2, -0.15) is 0 Å². The molecule has 0 saturated heterocycles. The second-order valence-electron chi connectivity index (χ2n) is 4.63. The maximum absolute atomic E-state index is 11.7. The molecule has 5 nitrogen and oxygen atoms in total. The van der Waals surface area contributed by atoms with Crippen molar-refractivity contribution >= 4 is 5.97 Å². The molecule has 0 radical (unpaired) electrons. The minimum Gasteiger partial charge on any atom is -0.461 e. The maximum Gasteiger partial charge on any atom is 0.360 e. The Balaban J connectivity index is 1.87. The van der Waals surface area contributed by atoms with E-state index in [1.807, 2.05) is 30.3 Å². The number of esters is 1. The van der Waals surface area contributed by atoms with Gasteiger partial charge in [-0.3, -0.25) is 0 Å². The molecule has 20 heavy (non-hydrogen) atoms. The third-order valence-electron chi connectivity index (χ3n) is 2.92. The molecule has 0 bridgehead atoms. The van der Waals surface area contributed by atoms with Gasteiger partial charge >= 0.3 is 5.97 Å². The quantitative estimate of drug-likeness (QED) is 0.575. The van der Waals surface area contributed by atoms with Crippen LogP contribution in [0.5, 0.6) is 0 Å². The first-order chi connectivity index (χ1) is 9.79. The van der Waals surface area contributed by atoms with Crippen LogP contribution in [0, 0.1) is 0 Å². The minimum absolute atomic E-state index is 0.262. The van der Waals surface area contributed by atoms with E-state index in [0.717, 1.165) is 24.8 Å². The van der Waals surface area contributed by atoms with E-state index in [-0.39, 0.29) is 5.69 Å². The summed E-state index contributed by atoms with van der Waals surface area (Å²) in [4.78, 5) is 11.7. The highest BCUT2D eigenvalue weighted by atomic mass is 16.5. The molecule has 0 unspecified atom stereocenters. The van der Waals surface area contributed by atoms with Crippen molar-refractivity contribution in [2.24, 2.45) is 0 Å². The Hall–Kier alpha value is -2.17. The van der Waals surface area contributed by atoms with Gasteiger partial charge in [-0.05, 0) is 12.0 Å². The monoisotopic (exact) mass is 273 g/mol. The number of hydrogen-bond acceptors (Lipinski definition) is 4. The van der Waals surface area contributed by atoms with Crippen LogP contribution in [-0.4, -0.2) is 27.6 Å². The van der Waals surface area contributed by atoms with Gasteiger partial charge < -0.3 is 4.74 Å². The lowest BCUT2D eigenvalue weighted by Crippen LogP contribution is -2.07. The largest absolute Gasteiger partial charge is 0.461 e. The van der Waals surface area contributed by atoms with Gasteiger partial charge in [-0.1, -0.05) is 55.3 Å². The Labute approximate surface area is 118 Å². The summed E-state index contributed by atoms with van der Waals surface area (Å²) in [7, 11) is 0. The van der Waals surface area contributed by atoms with Crippen LogP contribution in [0.4, 0.5) is 0 Å². The van der Waals surface area contributed by atoms with Gasteiger partial charge in [-0.25, -0.2) is 9.48 Å². The molecule has 0 N–H and O–H groups in total. The molecule has 106 valence electrons. The summed E-state index contributed by atoms with van der Waals surface area (Å²) >= 11 is 0. The molecule has 1 aromatic heterocycles. The molecule has 0 fully saturated rings. The molecule has 1 aromatic carbocycles. The van der Waals surface area contributed by atoms with Crippen molar-refractivity contribution in [2.75, 3.05) is 6.61 Å². The fourth-order valence-corrected chi connectivity index (χ4v) is 1.83. The summed E-state index contributed by atoms with van der Waals surface area (Å²) in [5.41, 5.74) is 1.37. The Morgan fingerprint density at radius 2 is 2.05 bits per heavy atom. The van der Waals surface area contributed by atoms with E-state index in [9.17, 15) is 4.79 Å². The van der Waals surface area contributed by atoms with Gasteiger partial charge in [0.15, 0.2) is 5.69 Å². The first-order valence-corrected chi connectivity index (χ1v) is 6.90. The fraction of sp³-hybridized carbons (Fsp3) is 0.400. The van der Waals surface area contributed by atoms with Crippen molar-refractivity contribution in [2.45, 2.75) is 32.7 Å². The molecule has 0 saturated carbocycles. The highest BCUT2D eigenvalue weighted by molar-refractivity contribution is 5.86. The number of rotatable bonds is 7. The van der Waals surface area contributed by atoms with E-state index in [1.165, 1.54) is 0 Å². The Morgan fingerprint density at radius 3 is 2.80 bits per heavy atom. The van der Waals surface area contributed by atoms with Gasteiger partial charge in [0.2, 0.25) is 0 Å². The topological polar surface area (TPSA) is 57.0 Å². The van der Waals surface area contributed by atoms with Crippen molar-refractivity contribution < 1.29 is 9.53 Å². The molecule has 1 heterocycles. The summed E-state index contributed by atoms with van der Waals surface area (Å²) in [5.74, 6) is -0.402. The van der Waals surface area contributed by atoms with Gasteiger partial charge in [0.05, 0.1) is 19.3 Å². The Morgan fingerprint density at radius 1 is 1.25 bits per heavy atom. The lowest BCUT2D eigenvalue weighted by molar-refractivity contribution is 0.0491. The molecule has 0 spiro atoms. The van der Waals surface area contributed by atoms with Gasteiger partial charge in [0.25, 0.3) is 0 Å². The Kier molecular flexibility index (Phi) is 5.29. The third kappa shape index (κ3) is 4.19. The average Bonchev–Trinajstić information content (AvgIpc) is 2.93. The molecule has 0 atom stereocenters. The molecule has 0 aliphatic heterocycles. The standard InChI is InChI=1S/C15H19N3O2/c1-2-3-7-10-20-15(19)14-12-18(17-16-14)11-13-8-5-4-6-9-13/h4-6,8-9,12H,2-3,7,10-11H2,1H3. The second kappa shape index (κ2) is 7.43. The van der Waals surface area contributed by atoms with Crippen molar-refractivity contribution in [1.82, 2.24) is 15.0 Å². The predicted octanol–water partition coefficient (Wildman–Crippen LogP) is 2.67. The summed E-state index contributed by atoms with van der Waals surface area (Å²) in [6.45, 7) is 3.15. The lowest BCUT2D eigenvalue weighted by Gasteiger charge is -2.01. The van der Waals surface area contributed by atoms with Crippen LogP contribution in [-0.2, 0) is 11.3 Å². The van der Waals surface area contributed by atoms with E-state index in [0.29, 0.717) is 13.2 Å². The molecule has 2 rings (SSSR count). The van der Waals surface area contributed by atoms with Crippen LogP contribution in [0.3, 0.4) is 0 Å². The Bertz CT molecular complexity index is 537. The number of nitrogens with zero attached hydrogens (tertiary/aromatic N) is 3. The van der Waals surface area contributed by atoms with Crippen LogP contribution in [0.2, 0.25) is 0 Å². The number of carbonyl (C=O) groups excluding carboxylic acids is 1. The molecule has 0 amide bonds. The number of aromatic nitrogens is 3. The third-order valence-corrected chi connectivity index (χ3v) is 2.92. The highest BCUT2D eigenvalue weighted by Gasteiger charge is 2.12. The van der Waals surface area contributed by atoms with Crippen molar-refractivity contribution in [3.8, 4) is 0 Å². The van der Waals surface area contributed by atoms with Gasteiger partial charge in [0, 0.05) is 0 Å². The zero-order chi connectivity index (χ0) is 14.2. The molecular formula is C15H19N3O2. The first-order valence-electron chi connectivity index (χ1n) is 6.90. The summed E-state index contributed by atoms with van der Waals surface area (Å²) in [6.07, 6.45) is 4.67. The van der Waals surface area contributed by atoms with E-state index in [2.05, 4.69) is 17.2 Å². The van der Waals surface area contributed by atoms with Crippen LogP contribution in [0.25, 0.3) is 0 Å². The number of hydrogen-bond donors (Lipinski definition) is 0. The van der Waals surface area contributed by atoms with Crippen molar-refractivity contribution in [1.29, 1.82) is 0 Å². The summed E-state index contributed by atoms with van der Waals surface area (Å²) in [6, 6.07) is 9.91. The number of carbonyl (C=O) groups is 1. The van der Waals surface area contributed by atoms with E-state index in [4.69, 9.17) is 4.74 Å². The lowest BCUT2D eigenvalue weighted by atomic mass is 10.2. The smallest absolute Gasteiger partial charge is 0.360 e. The number of benzene rings is 1. The minimum atomic E-state index is -0.402. The summed E-state index contributed by atoms with van der Waals surface area (Å²) < 4.78 is 6.78. The van der Waals surface area contributed by atoms with Gasteiger partial charge in [-0.15, -0.1) is 5.10 Å². The molecule has 0 aliphatic rings. The van der Waals surface area contributed by atoms with E-state index in [1.54, 1.807) is 10.9 Å². The zero-order valence-corrected chi connectivity index (χ0v) is 11.7. The molecular weight excluding hydrogens is 254 g/mol. The SMILES string of the molecule is CCCCCOC(=O)c1cn(Cc2ccccc2)nn1. The first kappa shape index (κ1) is 14.2.